The van der Waals surface area contributed by atoms with Gasteiger partial charge in [0.05, 0.1) is 6.33 Å². The minimum Gasteiger partial charge on any atom is -0.339 e. The van der Waals surface area contributed by atoms with Crippen molar-refractivity contribution in [2.45, 2.75) is 26.3 Å². The monoisotopic (exact) mass is 192 g/mol. The van der Waals surface area contributed by atoms with E-state index in [1.165, 1.54) is 12.7 Å². The number of nitrogens with one attached hydrogen (secondary N) is 1. The highest BCUT2D eigenvalue weighted by Gasteiger charge is 2.16. The van der Waals surface area contributed by atoms with E-state index < -0.39 is 0 Å². The van der Waals surface area contributed by atoms with Gasteiger partial charge in [-0.1, -0.05) is 0 Å². The summed E-state index contributed by atoms with van der Waals surface area (Å²) in [6.07, 6.45) is 3.01. The Morgan fingerprint density at radius 1 is 1.36 bits per heavy atom. The summed E-state index contributed by atoms with van der Waals surface area (Å²) in [4.78, 5) is 22.7. The average molecular weight is 192 g/mol. The van der Waals surface area contributed by atoms with E-state index in [9.17, 15) is 4.79 Å². The topological polar surface area (TPSA) is 63.6 Å². The van der Waals surface area contributed by atoms with Crippen molar-refractivity contribution in [1.29, 1.82) is 0 Å². The van der Waals surface area contributed by atoms with Crippen LogP contribution in [0.25, 0.3) is 11.2 Å². The zero-order valence-electron chi connectivity index (χ0n) is 8.40. The van der Waals surface area contributed by atoms with Crippen LogP contribution in [0.5, 0.6) is 0 Å². The van der Waals surface area contributed by atoms with Crippen LogP contribution >= 0.6 is 0 Å². The predicted molar refractivity (Wildman–Crippen MR) is 53.1 cm³/mol. The molecule has 0 aliphatic rings. The number of imidazole rings is 1. The van der Waals surface area contributed by atoms with Gasteiger partial charge in [0.1, 0.15) is 6.33 Å². The number of fused-ring (bicyclic) bond motifs is 1. The van der Waals surface area contributed by atoms with E-state index in [1.54, 1.807) is 4.57 Å². The fourth-order valence-corrected chi connectivity index (χ4v) is 1.31. The molecule has 0 fully saturated rings. The number of hydrogen-bond donors (Lipinski definition) is 1. The summed E-state index contributed by atoms with van der Waals surface area (Å²) in [6.45, 7) is 5.87. The molecule has 0 spiro atoms. The zero-order chi connectivity index (χ0) is 10.3. The number of nitrogens with zero attached hydrogens (tertiary/aromatic N) is 3. The molecular formula is C9H12N4O. The lowest BCUT2D eigenvalue weighted by Gasteiger charge is -2.20. The summed E-state index contributed by atoms with van der Waals surface area (Å²) >= 11 is 0. The Morgan fingerprint density at radius 3 is 2.71 bits per heavy atom. The van der Waals surface area contributed by atoms with Gasteiger partial charge >= 0.3 is 0 Å². The molecular weight excluding hydrogens is 180 g/mol. The second-order valence-electron chi connectivity index (χ2n) is 4.19. The predicted octanol–water partition coefficient (Wildman–Crippen LogP) is 0.875. The van der Waals surface area contributed by atoms with Gasteiger partial charge in [0.25, 0.3) is 5.56 Å². The average Bonchev–Trinajstić information content (AvgIpc) is 2.50. The van der Waals surface area contributed by atoms with Gasteiger partial charge in [0.2, 0.25) is 0 Å². The van der Waals surface area contributed by atoms with Gasteiger partial charge in [0, 0.05) is 5.54 Å². The third kappa shape index (κ3) is 1.21. The molecule has 2 heterocycles. The van der Waals surface area contributed by atoms with Crippen LogP contribution in [-0.2, 0) is 5.54 Å². The number of H-pyrrole nitrogens is 1. The normalized spacial score (nSPS) is 12.2. The molecule has 0 bridgehead atoms. The lowest BCUT2D eigenvalue weighted by atomic mass is 10.1. The molecule has 0 aliphatic heterocycles. The van der Waals surface area contributed by atoms with Crippen molar-refractivity contribution in [3.8, 4) is 0 Å². The van der Waals surface area contributed by atoms with Gasteiger partial charge in [-0.25, -0.2) is 9.97 Å². The molecule has 0 radical (unpaired) electrons. The SMILES string of the molecule is CC(C)(C)n1cnc2nc[nH]c2c1=O. The molecule has 2 aromatic heterocycles. The van der Waals surface area contributed by atoms with Crippen molar-refractivity contribution in [3.05, 3.63) is 23.0 Å². The van der Waals surface area contributed by atoms with Crippen molar-refractivity contribution < 1.29 is 0 Å². The Hall–Kier alpha value is -1.65. The van der Waals surface area contributed by atoms with Crippen LogP contribution in [0.2, 0.25) is 0 Å². The van der Waals surface area contributed by atoms with Gasteiger partial charge < -0.3 is 4.98 Å². The minimum atomic E-state index is -0.261. The van der Waals surface area contributed by atoms with E-state index in [2.05, 4.69) is 15.0 Å². The van der Waals surface area contributed by atoms with Gasteiger partial charge in [-0.05, 0) is 20.8 Å². The van der Waals surface area contributed by atoms with Gasteiger partial charge in [-0.15, -0.1) is 0 Å². The summed E-state index contributed by atoms with van der Waals surface area (Å²) in [7, 11) is 0. The van der Waals surface area contributed by atoms with Crippen LogP contribution in [-0.4, -0.2) is 19.5 Å². The fourth-order valence-electron chi connectivity index (χ4n) is 1.31. The van der Waals surface area contributed by atoms with Crippen LogP contribution in [0.15, 0.2) is 17.4 Å². The number of aromatic amines is 1. The van der Waals surface area contributed by atoms with E-state index in [1.807, 2.05) is 20.8 Å². The maximum Gasteiger partial charge on any atom is 0.279 e. The molecule has 0 unspecified atom stereocenters. The lowest BCUT2D eigenvalue weighted by Crippen LogP contribution is -2.33. The Labute approximate surface area is 80.8 Å². The first kappa shape index (κ1) is 8.93. The lowest BCUT2D eigenvalue weighted by molar-refractivity contribution is 0.381. The third-order valence-corrected chi connectivity index (χ3v) is 2.07. The Bertz CT molecular complexity index is 517. The van der Waals surface area contributed by atoms with Crippen molar-refractivity contribution in [1.82, 2.24) is 19.5 Å². The van der Waals surface area contributed by atoms with Crippen LogP contribution in [0.1, 0.15) is 20.8 Å². The van der Waals surface area contributed by atoms with Gasteiger partial charge in [-0.2, -0.15) is 0 Å². The van der Waals surface area contributed by atoms with E-state index in [0.717, 1.165) is 0 Å². The standard InChI is InChI=1S/C9H12N4O/c1-9(2,3)13-5-12-7-6(8(13)14)10-4-11-7/h4-5H,1-3H3,(H,10,11). The highest BCUT2D eigenvalue weighted by atomic mass is 16.1. The number of hydrogen-bond acceptors (Lipinski definition) is 3. The molecule has 5 nitrogen and oxygen atoms in total. The summed E-state index contributed by atoms with van der Waals surface area (Å²) < 4.78 is 1.59. The highest BCUT2D eigenvalue weighted by Crippen LogP contribution is 2.10. The molecule has 1 N–H and O–H groups in total. The maximum atomic E-state index is 11.9. The van der Waals surface area contributed by atoms with E-state index >= 15 is 0 Å². The molecule has 0 saturated heterocycles. The van der Waals surface area contributed by atoms with Crippen LogP contribution < -0.4 is 5.56 Å². The summed E-state index contributed by atoms with van der Waals surface area (Å²) in [5.74, 6) is 0. The Morgan fingerprint density at radius 2 is 2.07 bits per heavy atom. The second-order valence-corrected chi connectivity index (χ2v) is 4.19. The quantitative estimate of drug-likeness (QED) is 0.673. The Kier molecular flexibility index (Phi) is 1.70. The van der Waals surface area contributed by atoms with E-state index in [0.29, 0.717) is 11.2 Å². The molecule has 5 heteroatoms. The van der Waals surface area contributed by atoms with Crippen molar-refractivity contribution >= 4 is 11.2 Å². The summed E-state index contributed by atoms with van der Waals surface area (Å²) in [6, 6.07) is 0. The molecule has 2 rings (SSSR count). The first-order valence-electron chi connectivity index (χ1n) is 4.41. The number of aromatic nitrogens is 4. The molecule has 74 valence electrons. The first-order valence-corrected chi connectivity index (χ1v) is 4.41. The third-order valence-electron chi connectivity index (χ3n) is 2.07. The molecule has 0 amide bonds. The van der Waals surface area contributed by atoms with Crippen molar-refractivity contribution in [3.63, 3.8) is 0 Å². The maximum absolute atomic E-state index is 11.9. The molecule has 0 aromatic carbocycles. The Balaban J connectivity index is 2.81. The van der Waals surface area contributed by atoms with Gasteiger partial charge in [0.15, 0.2) is 11.2 Å². The summed E-state index contributed by atoms with van der Waals surface area (Å²) in [5.41, 5.74) is 0.585. The molecule has 0 aliphatic carbocycles. The van der Waals surface area contributed by atoms with Crippen LogP contribution in [0.3, 0.4) is 0 Å². The minimum absolute atomic E-state index is 0.0833. The molecule has 2 aromatic rings. The van der Waals surface area contributed by atoms with E-state index in [-0.39, 0.29) is 11.1 Å². The van der Waals surface area contributed by atoms with Crippen LogP contribution in [0, 0.1) is 0 Å². The van der Waals surface area contributed by atoms with E-state index in [4.69, 9.17) is 0 Å². The van der Waals surface area contributed by atoms with Crippen LogP contribution in [0.4, 0.5) is 0 Å². The second kappa shape index (κ2) is 2.67. The van der Waals surface area contributed by atoms with Crippen molar-refractivity contribution in [2.24, 2.45) is 0 Å². The molecule has 0 saturated carbocycles. The number of rotatable bonds is 0. The smallest absolute Gasteiger partial charge is 0.279 e. The molecule has 14 heavy (non-hydrogen) atoms. The van der Waals surface area contributed by atoms with Gasteiger partial charge in [-0.3, -0.25) is 9.36 Å². The first-order chi connectivity index (χ1) is 6.50. The highest BCUT2D eigenvalue weighted by molar-refractivity contribution is 5.67. The zero-order valence-corrected chi connectivity index (χ0v) is 8.40. The summed E-state index contributed by atoms with van der Waals surface area (Å²) in [5, 5.41) is 0. The molecule has 0 atom stereocenters. The fraction of sp³-hybridized carbons (Fsp3) is 0.444. The largest absolute Gasteiger partial charge is 0.339 e. The van der Waals surface area contributed by atoms with Crippen molar-refractivity contribution in [2.75, 3.05) is 0 Å².